The van der Waals surface area contributed by atoms with Gasteiger partial charge in [-0.25, -0.2) is 0 Å². The molecule has 3 heteroatoms. The first-order valence-electron chi connectivity index (χ1n) is 4.86. The third-order valence-corrected chi connectivity index (χ3v) is 9.20. The topological polar surface area (TPSA) is 12.0 Å². The van der Waals surface area contributed by atoms with E-state index >= 15 is 0 Å². The maximum Gasteiger partial charge on any atom is 0.0667 e. The van der Waals surface area contributed by atoms with Crippen molar-refractivity contribution in [3.8, 4) is 0 Å². The predicted molar refractivity (Wildman–Crippen MR) is 66.8 cm³/mol. The summed E-state index contributed by atoms with van der Waals surface area (Å²) in [6.07, 6.45) is 5.72. The first kappa shape index (κ1) is 11.0. The van der Waals surface area contributed by atoms with Crippen LogP contribution in [0.1, 0.15) is 19.3 Å². The Balaban J connectivity index is 2.54. The lowest BCUT2D eigenvalue weighted by Gasteiger charge is -2.31. The molecule has 0 radical (unpaired) electrons. The van der Waals surface area contributed by atoms with E-state index in [0.29, 0.717) is 0 Å². The van der Waals surface area contributed by atoms with Gasteiger partial charge in [-0.05, 0) is 25.2 Å². The van der Waals surface area contributed by atoms with Gasteiger partial charge in [-0.15, -0.1) is 0 Å². The second-order valence-electron chi connectivity index (χ2n) is 4.57. The maximum absolute atomic E-state index is 3.36. The van der Waals surface area contributed by atoms with Gasteiger partial charge in [0, 0.05) is 3.92 Å². The summed E-state index contributed by atoms with van der Waals surface area (Å²) >= 11 is 2.67. The van der Waals surface area contributed by atoms with Crippen LogP contribution >= 0.6 is 22.6 Å². The molecule has 0 aromatic carbocycles. The molecule has 1 fully saturated rings. The summed E-state index contributed by atoms with van der Waals surface area (Å²) in [5.41, 5.74) is 1.06. The highest BCUT2D eigenvalue weighted by Gasteiger charge is 2.38. The second kappa shape index (κ2) is 4.42. The van der Waals surface area contributed by atoms with Crippen molar-refractivity contribution in [3.05, 3.63) is 0 Å². The molecule has 1 saturated carbocycles. The van der Waals surface area contributed by atoms with E-state index in [0.717, 1.165) is 9.47 Å². The number of hydrogen-bond acceptors (Lipinski definition) is 1. The van der Waals surface area contributed by atoms with Gasteiger partial charge in [-0.1, -0.05) is 48.5 Å². The third kappa shape index (κ3) is 2.45. The maximum atomic E-state index is 3.36. The fourth-order valence-electron chi connectivity index (χ4n) is 2.38. The van der Waals surface area contributed by atoms with Crippen molar-refractivity contribution in [1.82, 2.24) is 5.32 Å². The standard InChI is InChI=1S/C9H20INSi/c1-11-7-12(2,3)9-6-4-5-8(9)10/h8-9,11H,4-7H2,1-3H3. The van der Waals surface area contributed by atoms with Gasteiger partial charge >= 0.3 is 0 Å². The summed E-state index contributed by atoms with van der Waals surface area (Å²) in [4.78, 5) is 0. The molecule has 0 heterocycles. The van der Waals surface area contributed by atoms with Crippen LogP contribution in [0.3, 0.4) is 0 Å². The molecular weight excluding hydrogens is 277 g/mol. The van der Waals surface area contributed by atoms with Crippen molar-refractivity contribution >= 4 is 30.7 Å². The van der Waals surface area contributed by atoms with Gasteiger partial charge in [-0.3, -0.25) is 0 Å². The summed E-state index contributed by atoms with van der Waals surface area (Å²) < 4.78 is 0.970. The molecule has 0 spiro atoms. The van der Waals surface area contributed by atoms with Gasteiger partial charge in [0.05, 0.1) is 8.07 Å². The van der Waals surface area contributed by atoms with Crippen LogP contribution in [0.4, 0.5) is 0 Å². The molecule has 12 heavy (non-hydrogen) atoms. The average molecular weight is 297 g/mol. The Bertz CT molecular complexity index is 149. The van der Waals surface area contributed by atoms with Crippen molar-refractivity contribution in [2.45, 2.75) is 41.8 Å². The largest absolute Gasteiger partial charge is 0.322 e. The van der Waals surface area contributed by atoms with Gasteiger partial charge in [0.2, 0.25) is 0 Å². The average Bonchev–Trinajstić information content (AvgIpc) is 2.35. The molecule has 1 aliphatic carbocycles. The molecular formula is C9H20INSi. The zero-order valence-electron chi connectivity index (χ0n) is 8.36. The first-order chi connectivity index (χ1) is 5.58. The van der Waals surface area contributed by atoms with Gasteiger partial charge in [0.15, 0.2) is 0 Å². The first-order valence-corrected chi connectivity index (χ1v) is 9.39. The molecule has 1 rings (SSSR count). The molecule has 0 aromatic heterocycles. The van der Waals surface area contributed by atoms with Crippen molar-refractivity contribution < 1.29 is 0 Å². The van der Waals surface area contributed by atoms with Crippen LogP contribution < -0.4 is 5.32 Å². The lowest BCUT2D eigenvalue weighted by molar-refractivity contribution is 0.824. The lowest BCUT2D eigenvalue weighted by atomic mass is 10.4. The minimum absolute atomic E-state index is 0.952. The van der Waals surface area contributed by atoms with E-state index in [2.05, 4.69) is 48.0 Å². The summed E-state index contributed by atoms with van der Waals surface area (Å²) in [7, 11) is 1.14. The molecule has 1 aliphatic rings. The number of halogens is 1. The summed E-state index contributed by atoms with van der Waals surface area (Å²) in [5, 5.41) is 3.36. The number of alkyl halides is 1. The highest BCUT2D eigenvalue weighted by molar-refractivity contribution is 14.1. The molecule has 72 valence electrons. The summed E-state index contributed by atoms with van der Waals surface area (Å²) in [6.45, 7) is 5.07. The van der Waals surface area contributed by atoms with Gasteiger partial charge in [0.25, 0.3) is 0 Å². The van der Waals surface area contributed by atoms with Crippen LogP contribution in [-0.2, 0) is 0 Å². The molecule has 0 amide bonds. The smallest absolute Gasteiger partial charge is 0.0667 e. The number of hydrogen-bond donors (Lipinski definition) is 1. The number of nitrogens with one attached hydrogen (secondary N) is 1. The lowest BCUT2D eigenvalue weighted by Crippen LogP contribution is -2.44. The molecule has 0 bridgehead atoms. The van der Waals surface area contributed by atoms with E-state index < -0.39 is 8.07 Å². The van der Waals surface area contributed by atoms with Crippen molar-refractivity contribution in [3.63, 3.8) is 0 Å². The third-order valence-electron chi connectivity index (χ3n) is 3.07. The van der Waals surface area contributed by atoms with Crippen LogP contribution in [0, 0.1) is 0 Å². The van der Waals surface area contributed by atoms with Crippen LogP contribution in [-0.4, -0.2) is 25.2 Å². The Labute approximate surface area is 90.8 Å². The van der Waals surface area contributed by atoms with Crippen molar-refractivity contribution in [2.75, 3.05) is 13.2 Å². The molecule has 0 aliphatic heterocycles. The summed E-state index contributed by atoms with van der Waals surface area (Å²) in [6, 6.07) is 0. The Kier molecular flexibility index (Phi) is 4.04. The minimum atomic E-state index is -0.952. The highest BCUT2D eigenvalue weighted by Crippen LogP contribution is 2.42. The SMILES string of the molecule is CNC[Si](C)(C)C1CCCC1I. The Morgan fingerprint density at radius 2 is 2.08 bits per heavy atom. The van der Waals surface area contributed by atoms with Crippen LogP contribution in [0.2, 0.25) is 18.6 Å². The molecule has 1 nitrogen and oxygen atoms in total. The van der Waals surface area contributed by atoms with Crippen LogP contribution in [0.25, 0.3) is 0 Å². The summed E-state index contributed by atoms with van der Waals surface area (Å²) in [5.74, 6) is 0. The van der Waals surface area contributed by atoms with Gasteiger partial charge in [-0.2, -0.15) is 0 Å². The van der Waals surface area contributed by atoms with E-state index in [1.54, 1.807) is 0 Å². The Hall–Kier alpha value is 0.907. The van der Waals surface area contributed by atoms with Gasteiger partial charge < -0.3 is 5.32 Å². The number of rotatable bonds is 3. The van der Waals surface area contributed by atoms with E-state index in [1.165, 1.54) is 25.4 Å². The highest BCUT2D eigenvalue weighted by atomic mass is 127. The molecule has 0 saturated heterocycles. The van der Waals surface area contributed by atoms with Crippen molar-refractivity contribution in [1.29, 1.82) is 0 Å². The van der Waals surface area contributed by atoms with Gasteiger partial charge in [0.1, 0.15) is 0 Å². The predicted octanol–water partition coefficient (Wildman–Crippen LogP) is 2.81. The fourth-order valence-corrected chi connectivity index (χ4v) is 9.41. The van der Waals surface area contributed by atoms with E-state index in [-0.39, 0.29) is 0 Å². The van der Waals surface area contributed by atoms with E-state index in [9.17, 15) is 0 Å². The molecule has 1 N–H and O–H groups in total. The molecule has 2 unspecified atom stereocenters. The van der Waals surface area contributed by atoms with Crippen LogP contribution in [0.15, 0.2) is 0 Å². The zero-order chi connectivity index (χ0) is 9.19. The van der Waals surface area contributed by atoms with E-state index in [1.807, 2.05) is 0 Å². The molecule has 0 aromatic rings. The van der Waals surface area contributed by atoms with E-state index in [4.69, 9.17) is 0 Å². The monoisotopic (exact) mass is 297 g/mol. The zero-order valence-corrected chi connectivity index (χ0v) is 11.5. The quantitative estimate of drug-likeness (QED) is 0.480. The Morgan fingerprint density at radius 3 is 2.50 bits per heavy atom. The second-order valence-corrected chi connectivity index (χ2v) is 11.2. The normalized spacial score (nSPS) is 31.0. The van der Waals surface area contributed by atoms with Crippen molar-refractivity contribution in [2.24, 2.45) is 0 Å². The van der Waals surface area contributed by atoms with Crippen LogP contribution in [0.5, 0.6) is 0 Å². The Morgan fingerprint density at radius 1 is 1.42 bits per heavy atom. The molecule has 2 atom stereocenters. The minimum Gasteiger partial charge on any atom is -0.322 e. The fraction of sp³-hybridized carbons (Fsp3) is 1.00.